The summed E-state index contributed by atoms with van der Waals surface area (Å²) in [5.74, 6) is 0.710. The Bertz CT molecular complexity index is 870. The van der Waals surface area contributed by atoms with Crippen LogP contribution < -0.4 is 15.4 Å². The second-order valence-corrected chi connectivity index (χ2v) is 7.99. The van der Waals surface area contributed by atoms with Gasteiger partial charge in [-0.3, -0.25) is 9.59 Å². The molecular weight excluding hydrogens is 390 g/mol. The zero-order valence-corrected chi connectivity index (χ0v) is 18.5. The highest BCUT2D eigenvalue weighted by Crippen LogP contribution is 2.22. The van der Waals surface area contributed by atoms with Crippen LogP contribution in [0.25, 0.3) is 0 Å². The van der Waals surface area contributed by atoms with Crippen LogP contribution in [-0.4, -0.2) is 42.5 Å². The number of aryl methyl sites for hydroxylation is 1. The van der Waals surface area contributed by atoms with Crippen LogP contribution in [0, 0.1) is 6.92 Å². The highest BCUT2D eigenvalue weighted by atomic mass is 16.5. The number of hydrogen-bond acceptors (Lipinski definition) is 4. The van der Waals surface area contributed by atoms with Gasteiger partial charge >= 0.3 is 0 Å². The number of para-hydroxylation sites is 1. The molecule has 6 heteroatoms. The van der Waals surface area contributed by atoms with Gasteiger partial charge in [0.15, 0.2) is 0 Å². The van der Waals surface area contributed by atoms with Crippen molar-refractivity contribution in [3.8, 4) is 5.75 Å². The summed E-state index contributed by atoms with van der Waals surface area (Å²) in [5, 5.41) is 6.14. The van der Waals surface area contributed by atoms with Crippen LogP contribution in [0.1, 0.15) is 43.7 Å². The van der Waals surface area contributed by atoms with Gasteiger partial charge in [0, 0.05) is 18.8 Å². The SMILES string of the molecule is CCCOc1ccc(CN(C(=O)CNc2ccccc2)[C@H]2CCCCNC2=O)cc1C. The molecule has 31 heavy (non-hydrogen) atoms. The number of amides is 2. The van der Waals surface area contributed by atoms with Crippen LogP contribution in [0.4, 0.5) is 5.69 Å². The first-order valence-electron chi connectivity index (χ1n) is 11.2. The maximum atomic E-state index is 13.2. The van der Waals surface area contributed by atoms with E-state index < -0.39 is 6.04 Å². The first kappa shape index (κ1) is 22.7. The molecule has 0 bridgehead atoms. The average Bonchev–Trinajstić information content (AvgIpc) is 3.00. The molecule has 1 heterocycles. The quantitative estimate of drug-likeness (QED) is 0.642. The van der Waals surface area contributed by atoms with E-state index in [2.05, 4.69) is 17.6 Å². The fraction of sp³-hybridized carbons (Fsp3) is 0.440. The summed E-state index contributed by atoms with van der Waals surface area (Å²) in [4.78, 5) is 27.7. The third-order valence-electron chi connectivity index (χ3n) is 5.47. The zero-order chi connectivity index (χ0) is 22.1. The summed E-state index contributed by atoms with van der Waals surface area (Å²) in [6.07, 6.45) is 3.49. The van der Waals surface area contributed by atoms with Gasteiger partial charge in [0.05, 0.1) is 13.2 Å². The lowest BCUT2D eigenvalue weighted by atomic mass is 10.1. The minimum atomic E-state index is -0.455. The molecule has 0 unspecified atom stereocenters. The Morgan fingerprint density at radius 2 is 2.00 bits per heavy atom. The largest absolute Gasteiger partial charge is 0.493 e. The lowest BCUT2D eigenvalue weighted by Gasteiger charge is -2.30. The van der Waals surface area contributed by atoms with Gasteiger partial charge in [0.1, 0.15) is 11.8 Å². The molecule has 2 aromatic carbocycles. The molecule has 1 aliphatic heterocycles. The Hall–Kier alpha value is -3.02. The lowest BCUT2D eigenvalue weighted by Crippen LogP contribution is -2.49. The molecule has 0 spiro atoms. The summed E-state index contributed by atoms with van der Waals surface area (Å²) in [6, 6.07) is 15.2. The van der Waals surface area contributed by atoms with Crippen molar-refractivity contribution in [1.29, 1.82) is 0 Å². The molecule has 0 radical (unpaired) electrons. The fourth-order valence-electron chi connectivity index (χ4n) is 3.81. The van der Waals surface area contributed by atoms with E-state index in [0.717, 1.165) is 41.8 Å². The first-order chi connectivity index (χ1) is 15.1. The van der Waals surface area contributed by atoms with Gasteiger partial charge in [-0.05, 0) is 61.9 Å². The molecule has 166 valence electrons. The third kappa shape index (κ3) is 6.48. The number of nitrogens with zero attached hydrogens (tertiary/aromatic N) is 1. The second kappa shape index (κ2) is 11.4. The average molecular weight is 424 g/mol. The smallest absolute Gasteiger partial charge is 0.242 e. The topological polar surface area (TPSA) is 70.7 Å². The Kier molecular flexibility index (Phi) is 8.33. The molecule has 1 fully saturated rings. The maximum Gasteiger partial charge on any atom is 0.242 e. The molecule has 2 amide bonds. The Morgan fingerprint density at radius 3 is 2.74 bits per heavy atom. The number of benzene rings is 2. The molecule has 1 atom stereocenters. The summed E-state index contributed by atoms with van der Waals surface area (Å²) in [6.45, 7) is 5.97. The molecule has 1 saturated heterocycles. The minimum absolute atomic E-state index is 0.0646. The van der Waals surface area contributed by atoms with Crippen LogP contribution >= 0.6 is 0 Å². The summed E-state index contributed by atoms with van der Waals surface area (Å²) >= 11 is 0. The summed E-state index contributed by atoms with van der Waals surface area (Å²) in [7, 11) is 0. The van der Waals surface area contributed by atoms with Crippen LogP contribution in [0.5, 0.6) is 5.75 Å². The first-order valence-corrected chi connectivity index (χ1v) is 11.2. The second-order valence-electron chi connectivity index (χ2n) is 7.99. The van der Waals surface area contributed by atoms with Crippen molar-refractivity contribution in [3.63, 3.8) is 0 Å². The molecular formula is C25H33N3O3. The van der Waals surface area contributed by atoms with Crippen LogP contribution in [-0.2, 0) is 16.1 Å². The Labute approximate surface area is 185 Å². The number of carbonyl (C=O) groups excluding carboxylic acids is 2. The predicted molar refractivity (Wildman–Crippen MR) is 123 cm³/mol. The zero-order valence-electron chi connectivity index (χ0n) is 18.5. The number of hydrogen-bond donors (Lipinski definition) is 2. The number of carbonyl (C=O) groups is 2. The Morgan fingerprint density at radius 1 is 1.19 bits per heavy atom. The van der Waals surface area contributed by atoms with Crippen LogP contribution in [0.15, 0.2) is 48.5 Å². The third-order valence-corrected chi connectivity index (χ3v) is 5.47. The van der Waals surface area contributed by atoms with Crippen molar-refractivity contribution in [2.45, 2.75) is 52.1 Å². The van der Waals surface area contributed by atoms with Crippen molar-refractivity contribution in [3.05, 3.63) is 59.7 Å². The molecule has 0 saturated carbocycles. The molecule has 0 aliphatic carbocycles. The summed E-state index contributed by atoms with van der Waals surface area (Å²) < 4.78 is 5.78. The highest BCUT2D eigenvalue weighted by Gasteiger charge is 2.30. The van der Waals surface area contributed by atoms with Gasteiger partial charge in [-0.15, -0.1) is 0 Å². The van der Waals surface area contributed by atoms with Crippen LogP contribution in [0.2, 0.25) is 0 Å². The standard InChI is InChI=1S/C25H33N3O3/c1-3-15-31-23-13-12-20(16-19(23)2)18-28(22-11-7-8-14-26-25(22)30)24(29)17-27-21-9-5-4-6-10-21/h4-6,9-10,12-13,16,22,27H,3,7-8,11,14-15,17-18H2,1-2H3,(H,26,30)/t22-/m0/s1. The maximum absolute atomic E-state index is 13.2. The molecule has 0 aromatic heterocycles. The highest BCUT2D eigenvalue weighted by molar-refractivity contribution is 5.89. The van der Waals surface area contributed by atoms with E-state index in [9.17, 15) is 9.59 Å². The van der Waals surface area contributed by atoms with Crippen molar-refractivity contribution < 1.29 is 14.3 Å². The van der Waals surface area contributed by atoms with Gasteiger partial charge in [0.25, 0.3) is 0 Å². The fourth-order valence-corrected chi connectivity index (χ4v) is 3.81. The van der Waals surface area contributed by atoms with Crippen molar-refractivity contribution >= 4 is 17.5 Å². The van der Waals surface area contributed by atoms with E-state index >= 15 is 0 Å². The lowest BCUT2D eigenvalue weighted by molar-refractivity contribution is -0.139. The van der Waals surface area contributed by atoms with Crippen molar-refractivity contribution in [2.24, 2.45) is 0 Å². The van der Waals surface area contributed by atoms with E-state index in [1.807, 2.05) is 55.5 Å². The normalized spacial score (nSPS) is 16.2. The minimum Gasteiger partial charge on any atom is -0.493 e. The number of nitrogens with one attached hydrogen (secondary N) is 2. The van der Waals surface area contributed by atoms with E-state index in [0.29, 0.717) is 26.1 Å². The predicted octanol–water partition coefficient (Wildman–Crippen LogP) is 3.89. The van der Waals surface area contributed by atoms with Gasteiger partial charge in [-0.1, -0.05) is 37.3 Å². The number of ether oxygens (including phenoxy) is 1. The number of rotatable bonds is 9. The van der Waals surface area contributed by atoms with E-state index in [1.54, 1.807) is 4.90 Å². The number of anilines is 1. The van der Waals surface area contributed by atoms with Crippen LogP contribution in [0.3, 0.4) is 0 Å². The van der Waals surface area contributed by atoms with Crippen molar-refractivity contribution in [1.82, 2.24) is 10.2 Å². The van der Waals surface area contributed by atoms with E-state index in [4.69, 9.17) is 4.74 Å². The molecule has 3 rings (SSSR count). The van der Waals surface area contributed by atoms with Crippen molar-refractivity contribution in [2.75, 3.05) is 25.0 Å². The van der Waals surface area contributed by atoms with Gasteiger partial charge in [0.2, 0.25) is 11.8 Å². The van der Waals surface area contributed by atoms with E-state index in [-0.39, 0.29) is 18.4 Å². The van der Waals surface area contributed by atoms with Gasteiger partial charge in [-0.25, -0.2) is 0 Å². The molecule has 2 N–H and O–H groups in total. The van der Waals surface area contributed by atoms with Gasteiger partial charge in [-0.2, -0.15) is 0 Å². The van der Waals surface area contributed by atoms with Gasteiger partial charge < -0.3 is 20.3 Å². The molecule has 6 nitrogen and oxygen atoms in total. The van der Waals surface area contributed by atoms with E-state index in [1.165, 1.54) is 0 Å². The summed E-state index contributed by atoms with van der Waals surface area (Å²) in [5.41, 5.74) is 2.91. The Balaban J connectivity index is 1.77. The molecule has 2 aromatic rings. The molecule has 1 aliphatic rings. The monoisotopic (exact) mass is 423 g/mol.